The van der Waals surface area contributed by atoms with E-state index >= 15 is 0 Å². The Morgan fingerprint density at radius 2 is 2.04 bits per heavy atom. The number of rotatable bonds is 7. The van der Waals surface area contributed by atoms with Crippen LogP contribution in [0.4, 0.5) is 8.78 Å². The molecule has 0 aliphatic heterocycles. The van der Waals surface area contributed by atoms with Crippen LogP contribution in [0.5, 0.6) is 0 Å². The molecule has 10 heteroatoms. The average molecular weight is 347 g/mol. The summed E-state index contributed by atoms with van der Waals surface area (Å²) in [5.41, 5.74) is 1.89. The Morgan fingerprint density at radius 3 is 2.57 bits per heavy atom. The van der Waals surface area contributed by atoms with Crippen LogP contribution in [0.2, 0.25) is 0 Å². The number of hydrogen-bond acceptors (Lipinski definition) is 4. The summed E-state index contributed by atoms with van der Waals surface area (Å²) in [6, 6.07) is 1.94. The Labute approximate surface area is 133 Å². The van der Waals surface area contributed by atoms with Gasteiger partial charge in [0.05, 0.1) is 18.1 Å². The zero-order chi connectivity index (χ0) is 17.2. The quantitative estimate of drug-likeness (QED) is 0.827. The highest BCUT2D eigenvalue weighted by molar-refractivity contribution is 7.89. The number of hydrogen-bond donors (Lipinski definition) is 1. The molecular formula is C13H19F2N5O2S. The summed E-state index contributed by atoms with van der Waals surface area (Å²) in [4.78, 5) is -0.281. The van der Waals surface area contributed by atoms with E-state index in [1.807, 2.05) is 31.5 Å². The Kier molecular flexibility index (Phi) is 5.15. The Morgan fingerprint density at radius 1 is 1.35 bits per heavy atom. The Hall–Kier alpha value is -1.81. The van der Waals surface area contributed by atoms with Crippen molar-refractivity contribution in [3.05, 3.63) is 29.8 Å². The van der Waals surface area contributed by atoms with Crippen molar-refractivity contribution in [1.29, 1.82) is 0 Å². The van der Waals surface area contributed by atoms with Gasteiger partial charge in [-0.3, -0.25) is 4.68 Å². The summed E-state index contributed by atoms with van der Waals surface area (Å²) >= 11 is 0. The average Bonchev–Trinajstić information content (AvgIpc) is 3.05. The number of sulfonamides is 1. The van der Waals surface area contributed by atoms with Gasteiger partial charge in [0.25, 0.3) is 0 Å². The van der Waals surface area contributed by atoms with E-state index in [0.29, 0.717) is 11.2 Å². The Balaban J connectivity index is 1.96. The lowest BCUT2D eigenvalue weighted by molar-refractivity contribution is 0.0564. The van der Waals surface area contributed by atoms with Crippen LogP contribution in [0.25, 0.3) is 0 Å². The van der Waals surface area contributed by atoms with Crippen molar-refractivity contribution >= 4 is 10.0 Å². The summed E-state index contributed by atoms with van der Waals surface area (Å²) < 4.78 is 53.5. The van der Waals surface area contributed by atoms with E-state index in [0.717, 1.165) is 23.8 Å². The molecule has 0 amide bonds. The van der Waals surface area contributed by atoms with Gasteiger partial charge in [0.1, 0.15) is 4.90 Å². The predicted molar refractivity (Wildman–Crippen MR) is 79.5 cm³/mol. The molecule has 0 aliphatic carbocycles. The molecule has 23 heavy (non-hydrogen) atoms. The summed E-state index contributed by atoms with van der Waals surface area (Å²) in [5.74, 6) is -0.0204. The van der Waals surface area contributed by atoms with Gasteiger partial charge in [-0.15, -0.1) is 0 Å². The molecule has 0 aliphatic rings. The lowest BCUT2D eigenvalue weighted by Crippen LogP contribution is -2.30. The van der Waals surface area contributed by atoms with Crippen LogP contribution in [0, 0.1) is 19.8 Å². The molecule has 0 spiro atoms. The molecule has 0 saturated carbocycles. The SMILES string of the molecule is Cc1cc(C)n(CC(C)CNS(=O)(=O)c2cnn(C(F)F)c2)n1. The molecule has 1 atom stereocenters. The summed E-state index contributed by atoms with van der Waals surface area (Å²) in [6.07, 6.45) is 1.71. The maximum atomic E-state index is 12.4. The van der Waals surface area contributed by atoms with Crippen LogP contribution in [-0.4, -0.2) is 34.5 Å². The van der Waals surface area contributed by atoms with Gasteiger partial charge >= 0.3 is 6.55 Å². The van der Waals surface area contributed by atoms with Crippen molar-refractivity contribution in [2.24, 2.45) is 5.92 Å². The number of nitrogens with zero attached hydrogens (tertiary/aromatic N) is 4. The van der Waals surface area contributed by atoms with Crippen LogP contribution in [-0.2, 0) is 16.6 Å². The third-order valence-electron chi connectivity index (χ3n) is 3.30. The smallest absolute Gasteiger partial charge is 0.269 e. The van der Waals surface area contributed by atoms with Crippen molar-refractivity contribution in [2.45, 2.75) is 38.8 Å². The summed E-state index contributed by atoms with van der Waals surface area (Å²) in [5, 5.41) is 7.64. The molecule has 0 bridgehead atoms. The van der Waals surface area contributed by atoms with E-state index in [1.165, 1.54) is 0 Å². The number of aryl methyl sites for hydroxylation is 2. The third-order valence-corrected chi connectivity index (χ3v) is 4.68. The predicted octanol–water partition coefficient (Wildman–Crippen LogP) is 1.71. The number of alkyl halides is 2. The van der Waals surface area contributed by atoms with Gasteiger partial charge < -0.3 is 0 Å². The molecule has 0 aromatic carbocycles. The fourth-order valence-electron chi connectivity index (χ4n) is 2.12. The maximum Gasteiger partial charge on any atom is 0.333 e. The van der Waals surface area contributed by atoms with Crippen LogP contribution >= 0.6 is 0 Å². The van der Waals surface area contributed by atoms with Crippen molar-refractivity contribution in [1.82, 2.24) is 24.3 Å². The molecule has 0 radical (unpaired) electrons. The zero-order valence-corrected chi connectivity index (χ0v) is 13.9. The third kappa shape index (κ3) is 4.35. The van der Waals surface area contributed by atoms with Crippen LogP contribution in [0.15, 0.2) is 23.4 Å². The van der Waals surface area contributed by atoms with Gasteiger partial charge in [0.15, 0.2) is 0 Å². The minimum absolute atomic E-state index is 0.0204. The van der Waals surface area contributed by atoms with Gasteiger partial charge in [0, 0.05) is 18.8 Å². The first-order valence-corrected chi connectivity index (χ1v) is 8.50. The number of aromatic nitrogens is 4. The fraction of sp³-hybridized carbons (Fsp3) is 0.538. The van der Waals surface area contributed by atoms with E-state index in [1.54, 1.807) is 0 Å². The van der Waals surface area contributed by atoms with Gasteiger partial charge in [-0.1, -0.05) is 6.92 Å². The highest BCUT2D eigenvalue weighted by atomic mass is 32.2. The maximum absolute atomic E-state index is 12.4. The second-order valence-corrected chi connectivity index (χ2v) is 7.27. The second kappa shape index (κ2) is 6.75. The monoisotopic (exact) mass is 347 g/mol. The molecule has 2 rings (SSSR count). The molecule has 2 aromatic rings. The van der Waals surface area contributed by atoms with Crippen LogP contribution in [0.1, 0.15) is 24.9 Å². The normalized spacial score (nSPS) is 13.7. The lowest BCUT2D eigenvalue weighted by Gasteiger charge is -2.13. The molecule has 2 aromatic heterocycles. The number of halogens is 2. The van der Waals surface area contributed by atoms with Gasteiger partial charge in [-0.25, -0.2) is 17.8 Å². The van der Waals surface area contributed by atoms with E-state index in [2.05, 4.69) is 14.9 Å². The van der Waals surface area contributed by atoms with E-state index in [9.17, 15) is 17.2 Å². The summed E-state index contributed by atoms with van der Waals surface area (Å²) in [7, 11) is -3.86. The molecule has 128 valence electrons. The van der Waals surface area contributed by atoms with E-state index in [4.69, 9.17) is 0 Å². The van der Waals surface area contributed by atoms with Crippen LogP contribution < -0.4 is 4.72 Å². The highest BCUT2D eigenvalue weighted by Crippen LogP contribution is 2.14. The molecule has 0 fully saturated rings. The van der Waals surface area contributed by atoms with Gasteiger partial charge in [0.2, 0.25) is 10.0 Å². The van der Waals surface area contributed by atoms with Gasteiger partial charge in [-0.2, -0.15) is 19.0 Å². The molecular weight excluding hydrogens is 328 g/mol. The van der Waals surface area contributed by atoms with Crippen molar-refractivity contribution < 1.29 is 17.2 Å². The first kappa shape index (κ1) is 17.5. The van der Waals surface area contributed by atoms with Crippen molar-refractivity contribution in [3.63, 3.8) is 0 Å². The minimum Gasteiger partial charge on any atom is -0.269 e. The first-order valence-electron chi connectivity index (χ1n) is 7.02. The fourth-order valence-corrected chi connectivity index (χ4v) is 3.22. The van der Waals surface area contributed by atoms with Crippen molar-refractivity contribution in [2.75, 3.05) is 6.54 Å². The van der Waals surface area contributed by atoms with Crippen LogP contribution in [0.3, 0.4) is 0 Å². The van der Waals surface area contributed by atoms with Crippen molar-refractivity contribution in [3.8, 4) is 0 Å². The zero-order valence-electron chi connectivity index (χ0n) is 13.1. The molecule has 2 heterocycles. The Bertz CT molecular complexity index is 769. The molecule has 7 nitrogen and oxygen atoms in total. The molecule has 1 N–H and O–H groups in total. The minimum atomic E-state index is -3.86. The topological polar surface area (TPSA) is 81.8 Å². The second-order valence-electron chi connectivity index (χ2n) is 5.50. The highest BCUT2D eigenvalue weighted by Gasteiger charge is 2.19. The standard InChI is InChI=1S/C13H19F2N5O2S/c1-9(7-19-11(3)4-10(2)18-19)5-17-23(21,22)12-6-16-20(8-12)13(14)15/h4,6,8-9,13,17H,5,7H2,1-3H3. The van der Waals surface area contributed by atoms with Gasteiger partial charge in [-0.05, 0) is 25.8 Å². The number of nitrogens with one attached hydrogen (secondary N) is 1. The molecule has 1 unspecified atom stereocenters. The largest absolute Gasteiger partial charge is 0.333 e. The lowest BCUT2D eigenvalue weighted by atomic mass is 10.2. The van der Waals surface area contributed by atoms with E-state index in [-0.39, 0.29) is 17.4 Å². The first-order chi connectivity index (χ1) is 10.7. The summed E-state index contributed by atoms with van der Waals surface area (Å²) in [6.45, 7) is 3.54. The molecule has 0 saturated heterocycles. The van der Waals surface area contributed by atoms with E-state index < -0.39 is 16.6 Å².